The maximum absolute atomic E-state index is 13.4. The molecule has 1 fully saturated rings. The van der Waals surface area contributed by atoms with Crippen LogP contribution in [-0.2, 0) is 4.79 Å². The minimum absolute atomic E-state index is 0. The van der Waals surface area contributed by atoms with Crippen molar-refractivity contribution in [1.29, 1.82) is 0 Å². The van der Waals surface area contributed by atoms with Crippen LogP contribution in [0.25, 0.3) is 0 Å². The fourth-order valence-corrected chi connectivity index (χ4v) is 2.38. The highest BCUT2D eigenvalue weighted by atomic mass is 35.5. The van der Waals surface area contributed by atoms with Crippen molar-refractivity contribution in [2.45, 2.75) is 38.6 Å². The molecular weight excluding hydrogens is 267 g/mol. The van der Waals surface area contributed by atoms with Gasteiger partial charge in [-0.15, -0.1) is 12.4 Å². The van der Waals surface area contributed by atoms with Gasteiger partial charge >= 0.3 is 0 Å². The maximum atomic E-state index is 13.4. The van der Waals surface area contributed by atoms with E-state index in [1.807, 2.05) is 6.92 Å². The molecule has 0 saturated carbocycles. The molecule has 1 aliphatic rings. The Balaban J connectivity index is 0.00000180. The Morgan fingerprint density at radius 1 is 1.53 bits per heavy atom. The van der Waals surface area contributed by atoms with Crippen LogP contribution in [0.4, 0.5) is 10.1 Å². The van der Waals surface area contributed by atoms with Gasteiger partial charge in [0, 0.05) is 5.69 Å². The Morgan fingerprint density at radius 2 is 2.26 bits per heavy atom. The molecule has 106 valence electrons. The first-order chi connectivity index (χ1) is 8.57. The molecule has 3 nitrogen and oxygen atoms in total. The molecule has 1 saturated heterocycles. The van der Waals surface area contributed by atoms with Crippen molar-refractivity contribution < 1.29 is 9.18 Å². The topological polar surface area (TPSA) is 41.1 Å². The van der Waals surface area contributed by atoms with Gasteiger partial charge < -0.3 is 10.6 Å². The maximum Gasteiger partial charge on any atom is 0.244 e. The fraction of sp³-hybridized carbons (Fsp3) is 0.500. The van der Waals surface area contributed by atoms with Crippen molar-refractivity contribution in [1.82, 2.24) is 5.32 Å². The molecule has 1 amide bonds. The van der Waals surface area contributed by atoms with Crippen LogP contribution in [0, 0.1) is 12.7 Å². The monoisotopic (exact) mass is 286 g/mol. The fourth-order valence-electron chi connectivity index (χ4n) is 2.38. The lowest BCUT2D eigenvalue weighted by Crippen LogP contribution is -2.50. The van der Waals surface area contributed by atoms with E-state index in [0.29, 0.717) is 11.3 Å². The van der Waals surface area contributed by atoms with Gasteiger partial charge in [-0.25, -0.2) is 4.39 Å². The minimum Gasteiger partial charge on any atom is -0.324 e. The van der Waals surface area contributed by atoms with Gasteiger partial charge in [-0.05, 0) is 50.4 Å². The van der Waals surface area contributed by atoms with E-state index in [0.717, 1.165) is 25.8 Å². The summed E-state index contributed by atoms with van der Waals surface area (Å²) in [7, 11) is 0. The van der Waals surface area contributed by atoms with Crippen LogP contribution in [0.1, 0.15) is 31.7 Å². The Bertz CT molecular complexity index is 459. The molecule has 0 aromatic heterocycles. The lowest BCUT2D eigenvalue weighted by Gasteiger charge is -2.26. The first-order valence-electron chi connectivity index (χ1n) is 6.40. The van der Waals surface area contributed by atoms with Crippen LogP contribution in [0.15, 0.2) is 18.2 Å². The zero-order valence-corrected chi connectivity index (χ0v) is 12.1. The van der Waals surface area contributed by atoms with Gasteiger partial charge in [0.25, 0.3) is 0 Å². The van der Waals surface area contributed by atoms with Gasteiger partial charge in [-0.1, -0.05) is 13.0 Å². The molecular formula is C14H20ClFN2O. The van der Waals surface area contributed by atoms with Gasteiger partial charge in [-0.2, -0.15) is 0 Å². The van der Waals surface area contributed by atoms with E-state index in [2.05, 4.69) is 10.6 Å². The van der Waals surface area contributed by atoms with E-state index in [9.17, 15) is 9.18 Å². The number of halogens is 2. The molecule has 2 N–H and O–H groups in total. The summed E-state index contributed by atoms with van der Waals surface area (Å²) in [6.45, 7) is 4.56. The van der Waals surface area contributed by atoms with Crippen LogP contribution in [0.2, 0.25) is 0 Å². The zero-order valence-electron chi connectivity index (χ0n) is 11.3. The Hall–Kier alpha value is -1.13. The molecule has 0 bridgehead atoms. The molecule has 1 aliphatic heterocycles. The lowest BCUT2D eigenvalue weighted by atomic mass is 9.93. The lowest BCUT2D eigenvalue weighted by molar-refractivity contribution is -0.122. The van der Waals surface area contributed by atoms with Crippen molar-refractivity contribution in [2.24, 2.45) is 0 Å². The number of amides is 1. The highest BCUT2D eigenvalue weighted by molar-refractivity contribution is 5.98. The smallest absolute Gasteiger partial charge is 0.244 e. The number of hydrogen-bond donors (Lipinski definition) is 2. The third-order valence-corrected chi connectivity index (χ3v) is 3.71. The quantitative estimate of drug-likeness (QED) is 0.897. The molecule has 1 aromatic rings. The van der Waals surface area contributed by atoms with Crippen LogP contribution in [-0.4, -0.2) is 18.0 Å². The number of benzene rings is 1. The molecule has 0 spiro atoms. The van der Waals surface area contributed by atoms with Crippen molar-refractivity contribution in [2.75, 3.05) is 11.9 Å². The van der Waals surface area contributed by atoms with Gasteiger partial charge in [0.1, 0.15) is 5.82 Å². The molecule has 1 heterocycles. The molecule has 1 atom stereocenters. The highest BCUT2D eigenvalue weighted by Crippen LogP contribution is 2.25. The molecule has 2 rings (SSSR count). The third kappa shape index (κ3) is 3.25. The molecule has 19 heavy (non-hydrogen) atoms. The number of carbonyl (C=O) groups is 1. The number of aryl methyl sites for hydroxylation is 1. The summed E-state index contributed by atoms with van der Waals surface area (Å²) in [5.74, 6) is -0.358. The van der Waals surface area contributed by atoms with Crippen LogP contribution in [0.5, 0.6) is 0 Å². The van der Waals surface area contributed by atoms with E-state index in [1.165, 1.54) is 6.07 Å². The number of hydrogen-bond acceptors (Lipinski definition) is 2. The van der Waals surface area contributed by atoms with Crippen molar-refractivity contribution in [3.8, 4) is 0 Å². The van der Waals surface area contributed by atoms with E-state index in [-0.39, 0.29) is 24.1 Å². The Kier molecular flexibility index (Phi) is 5.32. The molecule has 5 heteroatoms. The van der Waals surface area contributed by atoms with Gasteiger partial charge in [0.15, 0.2) is 0 Å². The summed E-state index contributed by atoms with van der Waals surface area (Å²) >= 11 is 0. The number of rotatable bonds is 3. The summed E-state index contributed by atoms with van der Waals surface area (Å²) < 4.78 is 13.4. The average Bonchev–Trinajstić information content (AvgIpc) is 2.84. The Labute approximate surface area is 119 Å². The third-order valence-electron chi connectivity index (χ3n) is 3.71. The van der Waals surface area contributed by atoms with Crippen LogP contribution in [0.3, 0.4) is 0 Å². The van der Waals surface area contributed by atoms with E-state index in [1.54, 1.807) is 19.1 Å². The Morgan fingerprint density at radius 3 is 2.79 bits per heavy atom. The minimum atomic E-state index is -0.485. The first kappa shape index (κ1) is 15.9. The van der Waals surface area contributed by atoms with Gasteiger partial charge in [0.2, 0.25) is 5.91 Å². The second-order valence-electron chi connectivity index (χ2n) is 4.88. The second-order valence-corrected chi connectivity index (χ2v) is 4.88. The predicted molar refractivity (Wildman–Crippen MR) is 77.3 cm³/mol. The summed E-state index contributed by atoms with van der Waals surface area (Å²) in [4.78, 5) is 12.3. The van der Waals surface area contributed by atoms with Crippen molar-refractivity contribution in [3.05, 3.63) is 29.6 Å². The average molecular weight is 287 g/mol. The predicted octanol–water partition coefficient (Wildman–Crippen LogP) is 3.03. The van der Waals surface area contributed by atoms with Crippen LogP contribution >= 0.6 is 12.4 Å². The zero-order chi connectivity index (χ0) is 13.2. The van der Waals surface area contributed by atoms with Crippen molar-refractivity contribution in [3.63, 3.8) is 0 Å². The summed E-state index contributed by atoms with van der Waals surface area (Å²) in [5.41, 5.74) is 0.614. The molecule has 1 aromatic carbocycles. The SMILES string of the molecule is CCC1(C(=O)Nc2ccc(C)c(F)c2)CCCN1.Cl. The molecule has 1 unspecified atom stereocenters. The number of nitrogens with one attached hydrogen (secondary N) is 2. The summed E-state index contributed by atoms with van der Waals surface area (Å²) in [6.07, 6.45) is 2.58. The molecule has 0 radical (unpaired) electrons. The van der Waals surface area contributed by atoms with Crippen LogP contribution < -0.4 is 10.6 Å². The van der Waals surface area contributed by atoms with Gasteiger partial charge in [-0.3, -0.25) is 4.79 Å². The largest absolute Gasteiger partial charge is 0.324 e. The number of anilines is 1. The summed E-state index contributed by atoms with van der Waals surface area (Å²) in [5, 5.41) is 6.06. The first-order valence-corrected chi connectivity index (χ1v) is 6.40. The number of carbonyl (C=O) groups excluding carboxylic acids is 1. The molecule has 0 aliphatic carbocycles. The standard InChI is InChI=1S/C14H19FN2O.ClH/c1-3-14(7-4-8-16-14)13(18)17-11-6-5-10(2)12(15)9-11;/h5-6,9,16H,3-4,7-8H2,1-2H3,(H,17,18);1H. The van der Waals surface area contributed by atoms with Gasteiger partial charge in [0.05, 0.1) is 5.54 Å². The summed E-state index contributed by atoms with van der Waals surface area (Å²) in [6, 6.07) is 4.77. The van der Waals surface area contributed by atoms with E-state index in [4.69, 9.17) is 0 Å². The van der Waals surface area contributed by atoms with Crippen molar-refractivity contribution >= 4 is 24.0 Å². The highest BCUT2D eigenvalue weighted by Gasteiger charge is 2.39. The van der Waals surface area contributed by atoms with E-state index >= 15 is 0 Å². The van der Waals surface area contributed by atoms with E-state index < -0.39 is 5.54 Å². The normalized spacial score (nSPS) is 21.8. The second kappa shape index (κ2) is 6.35.